The summed E-state index contributed by atoms with van der Waals surface area (Å²) in [5.41, 5.74) is 0. The first-order chi connectivity index (χ1) is 9.57. The smallest absolute Gasteiger partial charge is 0.195 e. The van der Waals surface area contributed by atoms with Gasteiger partial charge in [-0.05, 0) is 37.5 Å². The minimum Gasteiger partial charge on any atom is -0.195 e. The van der Waals surface area contributed by atoms with Crippen LogP contribution >= 0.6 is 11.6 Å². The molecule has 0 aliphatic carbocycles. The lowest BCUT2D eigenvalue weighted by molar-refractivity contribution is 0.224. The number of hydrogen-bond acceptors (Lipinski definition) is 2. The second-order valence-corrected chi connectivity index (χ2v) is 8.40. The third-order valence-electron chi connectivity index (χ3n) is 4.62. The maximum atomic E-state index is 12.7. The minimum absolute atomic E-state index is 0.317. The number of alkyl halides is 1. The SMILES string of the molecule is CCCC1CCN(S(=O)(=O)N2CCCC(CCl)C2)CC1. The van der Waals surface area contributed by atoms with Gasteiger partial charge in [-0.25, -0.2) is 0 Å². The van der Waals surface area contributed by atoms with Crippen molar-refractivity contribution in [2.24, 2.45) is 11.8 Å². The van der Waals surface area contributed by atoms with Gasteiger partial charge in [0, 0.05) is 32.1 Å². The Morgan fingerprint density at radius 3 is 2.35 bits per heavy atom. The Kier molecular flexibility index (Phi) is 6.14. The first-order valence-electron chi connectivity index (χ1n) is 7.89. The molecule has 2 fully saturated rings. The van der Waals surface area contributed by atoms with Gasteiger partial charge < -0.3 is 0 Å². The molecule has 0 spiro atoms. The summed E-state index contributed by atoms with van der Waals surface area (Å²) in [5.74, 6) is 1.59. The van der Waals surface area contributed by atoms with Crippen LogP contribution in [0, 0.1) is 11.8 Å². The van der Waals surface area contributed by atoms with Gasteiger partial charge in [-0.15, -0.1) is 11.6 Å². The van der Waals surface area contributed by atoms with Gasteiger partial charge >= 0.3 is 0 Å². The Labute approximate surface area is 128 Å². The summed E-state index contributed by atoms with van der Waals surface area (Å²) in [6, 6.07) is 0. The Balaban J connectivity index is 1.93. The molecule has 0 bridgehead atoms. The third kappa shape index (κ3) is 3.87. The fourth-order valence-electron chi connectivity index (χ4n) is 3.36. The summed E-state index contributed by atoms with van der Waals surface area (Å²) in [7, 11) is -3.26. The monoisotopic (exact) mass is 322 g/mol. The number of halogens is 1. The highest BCUT2D eigenvalue weighted by atomic mass is 35.5. The maximum absolute atomic E-state index is 12.7. The largest absolute Gasteiger partial charge is 0.281 e. The summed E-state index contributed by atoms with van der Waals surface area (Å²) >= 11 is 5.90. The van der Waals surface area contributed by atoms with Gasteiger partial charge in [0.25, 0.3) is 10.2 Å². The van der Waals surface area contributed by atoms with Crippen molar-refractivity contribution < 1.29 is 8.42 Å². The van der Waals surface area contributed by atoms with Crippen molar-refractivity contribution >= 4 is 21.8 Å². The fraction of sp³-hybridized carbons (Fsp3) is 1.00. The van der Waals surface area contributed by atoms with Crippen LogP contribution in [0.4, 0.5) is 0 Å². The van der Waals surface area contributed by atoms with Crippen molar-refractivity contribution in [3.05, 3.63) is 0 Å². The third-order valence-corrected chi connectivity index (χ3v) is 7.06. The number of piperidine rings is 2. The van der Waals surface area contributed by atoms with E-state index in [1.54, 1.807) is 8.61 Å². The molecule has 0 aromatic carbocycles. The second-order valence-electron chi connectivity index (χ2n) is 6.16. The average Bonchev–Trinajstić information content (AvgIpc) is 2.48. The molecule has 0 amide bonds. The number of nitrogens with zero attached hydrogens (tertiary/aromatic N) is 2. The lowest BCUT2D eigenvalue weighted by Crippen LogP contribution is -2.50. The van der Waals surface area contributed by atoms with Crippen molar-refractivity contribution in [2.45, 2.75) is 45.4 Å². The van der Waals surface area contributed by atoms with Crippen LogP contribution in [0.1, 0.15) is 45.4 Å². The Morgan fingerprint density at radius 1 is 1.05 bits per heavy atom. The van der Waals surface area contributed by atoms with Crippen molar-refractivity contribution in [3.8, 4) is 0 Å². The van der Waals surface area contributed by atoms with E-state index in [0.717, 1.165) is 25.7 Å². The molecule has 0 aromatic rings. The van der Waals surface area contributed by atoms with Crippen molar-refractivity contribution in [3.63, 3.8) is 0 Å². The molecule has 0 aromatic heterocycles. The van der Waals surface area contributed by atoms with E-state index >= 15 is 0 Å². The Bertz CT molecular complexity index is 394. The normalized spacial score (nSPS) is 27.8. The van der Waals surface area contributed by atoms with E-state index in [-0.39, 0.29) is 0 Å². The van der Waals surface area contributed by atoms with E-state index in [1.165, 1.54) is 12.8 Å². The van der Waals surface area contributed by atoms with Gasteiger partial charge in [-0.1, -0.05) is 19.8 Å². The first-order valence-corrected chi connectivity index (χ1v) is 9.82. The van der Waals surface area contributed by atoms with Crippen LogP contribution in [0.5, 0.6) is 0 Å². The standard InChI is InChI=1S/C14H27ClN2O2S/c1-2-4-13-6-9-16(10-7-13)20(18,19)17-8-3-5-14(11-15)12-17/h13-14H,2-12H2,1H3. The van der Waals surface area contributed by atoms with Crippen LogP contribution in [0.25, 0.3) is 0 Å². The van der Waals surface area contributed by atoms with Gasteiger partial charge in [0.15, 0.2) is 0 Å². The Morgan fingerprint density at radius 2 is 1.75 bits per heavy atom. The molecule has 1 atom stereocenters. The molecule has 0 N–H and O–H groups in total. The molecule has 6 heteroatoms. The molecular formula is C14H27ClN2O2S. The molecule has 2 heterocycles. The van der Waals surface area contributed by atoms with E-state index in [0.29, 0.717) is 43.9 Å². The van der Waals surface area contributed by atoms with Gasteiger partial charge in [0.1, 0.15) is 0 Å². The zero-order valence-corrected chi connectivity index (χ0v) is 14.0. The molecule has 20 heavy (non-hydrogen) atoms. The summed E-state index contributed by atoms with van der Waals surface area (Å²) < 4.78 is 28.7. The first kappa shape index (κ1) is 16.5. The quantitative estimate of drug-likeness (QED) is 0.730. The molecule has 4 nitrogen and oxygen atoms in total. The van der Waals surface area contributed by atoms with E-state index in [1.807, 2.05) is 0 Å². The highest BCUT2D eigenvalue weighted by molar-refractivity contribution is 7.86. The molecule has 118 valence electrons. The van der Waals surface area contributed by atoms with Gasteiger partial charge in [0.05, 0.1) is 0 Å². The molecule has 2 aliphatic rings. The van der Waals surface area contributed by atoms with Crippen LogP contribution in [-0.4, -0.2) is 49.1 Å². The zero-order chi connectivity index (χ0) is 14.6. The summed E-state index contributed by atoms with van der Waals surface area (Å²) in [4.78, 5) is 0. The topological polar surface area (TPSA) is 40.6 Å². The van der Waals surface area contributed by atoms with Crippen LogP contribution in [0.2, 0.25) is 0 Å². The lowest BCUT2D eigenvalue weighted by Gasteiger charge is -2.37. The van der Waals surface area contributed by atoms with Crippen molar-refractivity contribution in [1.82, 2.24) is 8.61 Å². The van der Waals surface area contributed by atoms with Crippen LogP contribution in [-0.2, 0) is 10.2 Å². The lowest BCUT2D eigenvalue weighted by atomic mass is 9.94. The molecule has 1 unspecified atom stereocenters. The fourth-order valence-corrected chi connectivity index (χ4v) is 5.37. The molecular weight excluding hydrogens is 296 g/mol. The maximum Gasteiger partial charge on any atom is 0.281 e. The molecule has 0 saturated carbocycles. The zero-order valence-electron chi connectivity index (χ0n) is 12.4. The molecule has 0 radical (unpaired) electrons. The van der Waals surface area contributed by atoms with E-state index in [4.69, 9.17) is 11.6 Å². The highest BCUT2D eigenvalue weighted by Gasteiger charge is 2.35. The number of hydrogen-bond donors (Lipinski definition) is 0. The van der Waals surface area contributed by atoms with Crippen LogP contribution < -0.4 is 0 Å². The molecule has 2 aliphatic heterocycles. The van der Waals surface area contributed by atoms with E-state index in [2.05, 4.69) is 6.92 Å². The van der Waals surface area contributed by atoms with Gasteiger partial charge in [-0.2, -0.15) is 17.0 Å². The highest BCUT2D eigenvalue weighted by Crippen LogP contribution is 2.27. The van der Waals surface area contributed by atoms with E-state index < -0.39 is 10.2 Å². The van der Waals surface area contributed by atoms with Crippen molar-refractivity contribution in [2.75, 3.05) is 32.1 Å². The van der Waals surface area contributed by atoms with Gasteiger partial charge in [0.2, 0.25) is 0 Å². The number of rotatable bonds is 5. The van der Waals surface area contributed by atoms with Crippen LogP contribution in [0.3, 0.4) is 0 Å². The average molecular weight is 323 g/mol. The molecule has 2 saturated heterocycles. The van der Waals surface area contributed by atoms with E-state index in [9.17, 15) is 8.42 Å². The molecule has 2 rings (SSSR count). The minimum atomic E-state index is -3.26. The second kappa shape index (κ2) is 7.43. The van der Waals surface area contributed by atoms with Crippen LogP contribution in [0.15, 0.2) is 0 Å². The van der Waals surface area contributed by atoms with Gasteiger partial charge in [-0.3, -0.25) is 0 Å². The summed E-state index contributed by atoms with van der Waals surface area (Å²) in [6.45, 7) is 4.83. The van der Waals surface area contributed by atoms with Crippen molar-refractivity contribution in [1.29, 1.82) is 0 Å². The summed E-state index contributed by atoms with van der Waals surface area (Å²) in [6.07, 6.45) is 6.43. The predicted octanol–water partition coefficient (Wildman–Crippen LogP) is 2.69. The predicted molar refractivity (Wildman–Crippen MR) is 83.1 cm³/mol. The summed E-state index contributed by atoms with van der Waals surface area (Å²) in [5, 5.41) is 0. The Hall–Kier alpha value is 0.160.